The van der Waals surface area contributed by atoms with Crippen LogP contribution in [0.15, 0.2) is 52.4 Å². The van der Waals surface area contributed by atoms with Crippen molar-refractivity contribution in [2.75, 3.05) is 34.5 Å². The molecule has 0 unspecified atom stereocenters. The molecule has 0 N–H and O–H groups in total. The van der Waals surface area contributed by atoms with Gasteiger partial charge in [-0.15, -0.1) is 0 Å². The topological polar surface area (TPSA) is 60.4 Å². The highest BCUT2D eigenvalue weighted by Gasteiger charge is 2.33. The zero-order valence-electron chi connectivity index (χ0n) is 16.3. The zero-order chi connectivity index (χ0) is 20.8. The quantitative estimate of drug-likeness (QED) is 0.598. The Labute approximate surface area is 179 Å². The maximum absolute atomic E-state index is 13.0. The first-order valence-corrected chi connectivity index (χ1v) is 10.0. The zero-order valence-corrected chi connectivity index (χ0v) is 17.9. The highest BCUT2D eigenvalue weighted by Crippen LogP contribution is 2.39. The lowest BCUT2D eigenvalue weighted by atomic mass is 10.2. The number of amidine groups is 1. The lowest BCUT2D eigenvalue weighted by Crippen LogP contribution is -2.32. The minimum Gasteiger partial charge on any atom is -0.493 e. The number of benzene rings is 2. The van der Waals surface area contributed by atoms with Crippen LogP contribution in [-0.4, -0.2) is 50.5 Å². The SMILES string of the molecule is COCCN1C(=O)C(=Cc2cc(Cl)c(OC)c(OC)c2)SC1=Nc1ccccc1. The van der Waals surface area contributed by atoms with E-state index in [9.17, 15) is 4.79 Å². The second kappa shape index (κ2) is 9.82. The second-order valence-corrected chi connectivity index (χ2v) is 7.44. The van der Waals surface area contributed by atoms with Crippen molar-refractivity contribution in [2.45, 2.75) is 0 Å². The van der Waals surface area contributed by atoms with Gasteiger partial charge in [-0.1, -0.05) is 29.8 Å². The van der Waals surface area contributed by atoms with Crippen molar-refractivity contribution in [3.8, 4) is 11.5 Å². The minimum atomic E-state index is -0.132. The number of ether oxygens (including phenoxy) is 3. The molecule has 1 aliphatic rings. The summed E-state index contributed by atoms with van der Waals surface area (Å²) in [5, 5.41) is 1.01. The molecular weight excluding hydrogens is 412 g/mol. The molecule has 0 aliphatic carbocycles. The Kier molecular flexibility index (Phi) is 7.19. The average Bonchev–Trinajstić information content (AvgIpc) is 3.00. The number of carbonyl (C=O) groups is 1. The van der Waals surface area contributed by atoms with Gasteiger partial charge in [0.1, 0.15) is 0 Å². The van der Waals surface area contributed by atoms with E-state index in [0.29, 0.717) is 39.7 Å². The first-order chi connectivity index (χ1) is 14.1. The molecule has 2 aromatic carbocycles. The fourth-order valence-electron chi connectivity index (χ4n) is 2.76. The van der Waals surface area contributed by atoms with Crippen LogP contribution in [0.2, 0.25) is 5.02 Å². The molecule has 0 aromatic heterocycles. The first-order valence-electron chi connectivity index (χ1n) is 8.83. The summed E-state index contributed by atoms with van der Waals surface area (Å²) in [6.45, 7) is 0.827. The number of methoxy groups -OCH3 is 3. The predicted molar refractivity (Wildman–Crippen MR) is 117 cm³/mol. The van der Waals surface area contributed by atoms with E-state index in [1.165, 1.54) is 26.0 Å². The molecule has 0 saturated carbocycles. The molecule has 1 saturated heterocycles. The maximum atomic E-state index is 13.0. The summed E-state index contributed by atoms with van der Waals surface area (Å²) >= 11 is 7.60. The molecule has 0 spiro atoms. The molecular formula is C21H21ClN2O4S. The van der Waals surface area contributed by atoms with Gasteiger partial charge in [-0.2, -0.15) is 0 Å². The van der Waals surface area contributed by atoms with Gasteiger partial charge in [-0.05, 0) is 47.7 Å². The van der Waals surface area contributed by atoms with Gasteiger partial charge in [0.2, 0.25) is 0 Å². The van der Waals surface area contributed by atoms with Gasteiger partial charge in [-0.3, -0.25) is 9.69 Å². The number of halogens is 1. The molecule has 1 amide bonds. The van der Waals surface area contributed by atoms with Crippen molar-refractivity contribution in [1.82, 2.24) is 4.90 Å². The molecule has 2 aromatic rings. The highest BCUT2D eigenvalue weighted by molar-refractivity contribution is 8.18. The Hall–Kier alpha value is -2.48. The molecule has 0 atom stereocenters. The van der Waals surface area contributed by atoms with Crippen molar-refractivity contribution < 1.29 is 19.0 Å². The average molecular weight is 433 g/mol. The summed E-state index contributed by atoms with van der Waals surface area (Å²) < 4.78 is 15.8. The molecule has 29 heavy (non-hydrogen) atoms. The van der Waals surface area contributed by atoms with Crippen LogP contribution in [0.25, 0.3) is 6.08 Å². The number of rotatable bonds is 7. The number of amides is 1. The number of thioether (sulfide) groups is 1. The molecule has 1 fully saturated rings. The summed E-state index contributed by atoms with van der Waals surface area (Å²) in [5.74, 6) is 0.819. The van der Waals surface area contributed by atoms with E-state index in [2.05, 4.69) is 4.99 Å². The minimum absolute atomic E-state index is 0.132. The van der Waals surface area contributed by atoms with Crippen molar-refractivity contribution in [1.29, 1.82) is 0 Å². The van der Waals surface area contributed by atoms with Crippen LogP contribution in [0, 0.1) is 0 Å². The third kappa shape index (κ3) is 4.93. The molecule has 0 bridgehead atoms. The van der Waals surface area contributed by atoms with Crippen molar-refractivity contribution >= 4 is 46.2 Å². The van der Waals surface area contributed by atoms with Crippen LogP contribution >= 0.6 is 23.4 Å². The number of para-hydroxylation sites is 1. The van der Waals surface area contributed by atoms with Gasteiger partial charge in [0, 0.05) is 7.11 Å². The lowest BCUT2D eigenvalue weighted by molar-refractivity contribution is -0.122. The highest BCUT2D eigenvalue weighted by atomic mass is 35.5. The summed E-state index contributed by atoms with van der Waals surface area (Å²) in [4.78, 5) is 19.8. The van der Waals surface area contributed by atoms with Crippen LogP contribution in [0.1, 0.15) is 5.56 Å². The van der Waals surface area contributed by atoms with E-state index in [4.69, 9.17) is 25.8 Å². The maximum Gasteiger partial charge on any atom is 0.266 e. The number of nitrogens with zero attached hydrogens (tertiary/aromatic N) is 2. The number of aliphatic imine (C=N–C) groups is 1. The van der Waals surface area contributed by atoms with Gasteiger partial charge in [-0.25, -0.2) is 4.99 Å². The van der Waals surface area contributed by atoms with Crippen molar-refractivity contribution in [2.24, 2.45) is 4.99 Å². The second-order valence-electron chi connectivity index (χ2n) is 6.03. The van der Waals surface area contributed by atoms with Crippen LogP contribution in [0.5, 0.6) is 11.5 Å². The van der Waals surface area contributed by atoms with Gasteiger partial charge in [0.25, 0.3) is 5.91 Å². The molecule has 0 radical (unpaired) electrons. The van der Waals surface area contributed by atoms with E-state index in [1.54, 1.807) is 30.2 Å². The summed E-state index contributed by atoms with van der Waals surface area (Å²) in [7, 11) is 4.67. The molecule has 1 heterocycles. The van der Waals surface area contributed by atoms with Crippen LogP contribution in [0.4, 0.5) is 5.69 Å². The standard InChI is InChI=1S/C21H21ClN2O4S/c1-26-10-9-24-20(25)18(29-21(24)23-15-7-5-4-6-8-15)13-14-11-16(22)19(28-3)17(12-14)27-2/h4-8,11-13H,9-10H2,1-3H3. The lowest BCUT2D eigenvalue weighted by Gasteiger charge is -2.14. The summed E-state index contributed by atoms with van der Waals surface area (Å²) in [6.07, 6.45) is 1.77. The fraction of sp³-hybridized carbons (Fsp3) is 0.238. The molecule has 1 aliphatic heterocycles. The van der Waals surface area contributed by atoms with Crippen LogP contribution in [0.3, 0.4) is 0 Å². The largest absolute Gasteiger partial charge is 0.493 e. The van der Waals surface area contributed by atoms with Crippen LogP contribution in [-0.2, 0) is 9.53 Å². The Balaban J connectivity index is 1.96. The third-order valence-corrected chi connectivity index (χ3v) is 5.43. The van der Waals surface area contributed by atoms with E-state index in [0.717, 1.165) is 11.3 Å². The molecule has 152 valence electrons. The van der Waals surface area contributed by atoms with E-state index in [-0.39, 0.29) is 5.91 Å². The van der Waals surface area contributed by atoms with Gasteiger partial charge in [0.05, 0.1) is 43.0 Å². The third-order valence-electron chi connectivity index (χ3n) is 4.14. The summed E-state index contributed by atoms with van der Waals surface area (Å²) in [5.41, 5.74) is 1.51. The van der Waals surface area contributed by atoms with E-state index in [1.807, 2.05) is 30.3 Å². The smallest absolute Gasteiger partial charge is 0.266 e. The Morgan fingerprint density at radius 3 is 2.55 bits per heavy atom. The first kappa shape index (κ1) is 21.2. The van der Waals surface area contributed by atoms with Gasteiger partial charge in [0.15, 0.2) is 16.7 Å². The van der Waals surface area contributed by atoms with Gasteiger partial charge < -0.3 is 14.2 Å². The number of carbonyl (C=O) groups excluding carboxylic acids is 1. The normalized spacial score (nSPS) is 16.7. The summed E-state index contributed by atoms with van der Waals surface area (Å²) in [6, 6.07) is 13.0. The number of hydrogen-bond acceptors (Lipinski definition) is 6. The van der Waals surface area contributed by atoms with Gasteiger partial charge >= 0.3 is 0 Å². The fourth-order valence-corrected chi connectivity index (χ4v) is 4.08. The number of hydrogen-bond donors (Lipinski definition) is 0. The van der Waals surface area contributed by atoms with E-state index < -0.39 is 0 Å². The Bertz CT molecular complexity index is 947. The van der Waals surface area contributed by atoms with Crippen LogP contribution < -0.4 is 9.47 Å². The van der Waals surface area contributed by atoms with Crippen molar-refractivity contribution in [3.05, 3.63) is 58.0 Å². The Morgan fingerprint density at radius 2 is 1.90 bits per heavy atom. The molecule has 6 nitrogen and oxygen atoms in total. The molecule has 8 heteroatoms. The Morgan fingerprint density at radius 1 is 1.14 bits per heavy atom. The van der Waals surface area contributed by atoms with E-state index >= 15 is 0 Å². The predicted octanol–water partition coefficient (Wildman–Crippen LogP) is 4.61. The van der Waals surface area contributed by atoms with Crippen molar-refractivity contribution in [3.63, 3.8) is 0 Å². The molecule has 3 rings (SSSR count). The monoisotopic (exact) mass is 432 g/mol.